The van der Waals surface area contributed by atoms with E-state index in [-0.39, 0.29) is 24.9 Å². The van der Waals surface area contributed by atoms with E-state index in [9.17, 15) is 19.0 Å². The van der Waals surface area contributed by atoms with E-state index in [1.54, 1.807) is 0 Å². The molecule has 0 radical (unpaired) electrons. The maximum atomic E-state index is 13.5. The number of allylic oxidation sites excluding steroid dienone is 7. The molecule has 0 rings (SSSR count). The zero-order valence-electron chi connectivity index (χ0n) is 45.3. The van der Waals surface area contributed by atoms with Crippen molar-refractivity contribution in [3.05, 3.63) is 48.6 Å². The molecule has 3 atom stereocenters. The van der Waals surface area contributed by atoms with Gasteiger partial charge in [0.15, 0.2) is 0 Å². The van der Waals surface area contributed by atoms with Gasteiger partial charge in [-0.3, -0.25) is 14.2 Å². The van der Waals surface area contributed by atoms with E-state index >= 15 is 0 Å². The smallest absolute Gasteiger partial charge is 0.306 e. The van der Waals surface area contributed by atoms with Crippen molar-refractivity contribution in [2.75, 3.05) is 40.9 Å². The Balaban J connectivity index is 5.36. The normalized spacial score (nSPS) is 14.2. The third-order valence-electron chi connectivity index (χ3n) is 12.5. The summed E-state index contributed by atoms with van der Waals surface area (Å²) in [6.45, 7) is 6.79. The zero-order chi connectivity index (χ0) is 50.1. The molecular weight excluding hydrogens is 868 g/mol. The van der Waals surface area contributed by atoms with Gasteiger partial charge in [-0.2, -0.15) is 0 Å². The SMILES string of the molecule is CCCCC/C=C\C/C=C\C/C=C\CCCCCCC(=O)NC(COP(=O)([O-])OCC[N+](C)(C)C)C(/C=C/CCCCCCCCCCC)OC(=O)CCCCCCCCCCCCCCCC. The summed E-state index contributed by atoms with van der Waals surface area (Å²) in [6, 6.07) is -0.896. The molecule has 0 aromatic heterocycles. The summed E-state index contributed by atoms with van der Waals surface area (Å²) in [5.41, 5.74) is 0. The molecule has 0 bridgehead atoms. The van der Waals surface area contributed by atoms with E-state index in [4.69, 9.17) is 13.8 Å². The highest BCUT2D eigenvalue weighted by Crippen LogP contribution is 2.38. The molecule has 0 saturated carbocycles. The minimum Gasteiger partial charge on any atom is -0.756 e. The van der Waals surface area contributed by atoms with Crippen molar-refractivity contribution in [3.8, 4) is 0 Å². The summed E-state index contributed by atoms with van der Waals surface area (Å²) in [6.07, 6.45) is 57.8. The zero-order valence-corrected chi connectivity index (χ0v) is 46.2. The number of hydrogen-bond donors (Lipinski definition) is 1. The van der Waals surface area contributed by atoms with Gasteiger partial charge in [0.1, 0.15) is 19.3 Å². The molecule has 3 unspecified atom stereocenters. The van der Waals surface area contributed by atoms with Crippen LogP contribution in [-0.2, 0) is 27.9 Å². The molecule has 1 N–H and O–H groups in total. The number of nitrogens with zero attached hydrogens (tertiary/aromatic N) is 1. The van der Waals surface area contributed by atoms with Crippen LogP contribution in [0.3, 0.4) is 0 Å². The Morgan fingerprint density at radius 1 is 0.515 bits per heavy atom. The first kappa shape index (κ1) is 66.0. The highest BCUT2D eigenvalue weighted by Gasteiger charge is 2.27. The van der Waals surface area contributed by atoms with Crippen molar-refractivity contribution in [1.82, 2.24) is 5.32 Å². The minimum atomic E-state index is -4.70. The van der Waals surface area contributed by atoms with Crippen LogP contribution in [-0.4, -0.2) is 69.4 Å². The molecule has 0 fully saturated rings. The number of esters is 1. The molecule has 0 heterocycles. The van der Waals surface area contributed by atoms with Gasteiger partial charge in [-0.15, -0.1) is 0 Å². The summed E-state index contributed by atoms with van der Waals surface area (Å²) in [5, 5.41) is 3.01. The fourth-order valence-electron chi connectivity index (χ4n) is 8.06. The average Bonchev–Trinajstić information content (AvgIpc) is 3.29. The molecule has 1 amide bonds. The molecule has 10 heteroatoms. The first-order chi connectivity index (χ1) is 32.9. The number of amides is 1. The second-order valence-corrected chi connectivity index (χ2v) is 21.9. The first-order valence-corrected chi connectivity index (χ1v) is 29.9. The number of nitrogens with one attached hydrogen (secondary N) is 1. The van der Waals surface area contributed by atoms with Crippen molar-refractivity contribution in [2.45, 2.75) is 270 Å². The van der Waals surface area contributed by atoms with Gasteiger partial charge in [-0.05, 0) is 70.3 Å². The summed E-state index contributed by atoms with van der Waals surface area (Å²) in [4.78, 5) is 39.8. The van der Waals surface area contributed by atoms with Gasteiger partial charge in [0.05, 0.1) is 33.8 Å². The highest BCUT2D eigenvalue weighted by molar-refractivity contribution is 7.45. The standard InChI is InChI=1S/C58H109N2O7P/c1-7-10-13-16-19-22-25-27-29-30-31-32-35-38-41-44-47-50-57(61)59-55(54-66-68(63,64)65-53-52-60(4,5)6)56(49-46-43-40-37-34-24-21-18-15-12-9-3)67-58(62)51-48-45-42-39-36-33-28-26-23-20-17-14-11-8-2/h19,22,27,29,31-32,46,49,55-56H,7-18,20-21,23-26,28,30,33-45,47-48,50-54H2,1-6H3,(H-,59,61,63,64)/b22-19-,29-27-,32-31-,49-46+. The number of carbonyl (C=O) groups is 2. The van der Waals surface area contributed by atoms with Crippen LogP contribution in [0.2, 0.25) is 0 Å². The highest BCUT2D eigenvalue weighted by atomic mass is 31.2. The maximum absolute atomic E-state index is 13.5. The van der Waals surface area contributed by atoms with E-state index in [0.29, 0.717) is 23.9 Å². The molecule has 0 aliphatic carbocycles. The van der Waals surface area contributed by atoms with Gasteiger partial charge in [-0.1, -0.05) is 224 Å². The van der Waals surface area contributed by atoms with Crippen molar-refractivity contribution >= 4 is 19.7 Å². The van der Waals surface area contributed by atoms with E-state index < -0.39 is 26.6 Å². The Morgan fingerprint density at radius 3 is 1.37 bits per heavy atom. The van der Waals surface area contributed by atoms with E-state index in [2.05, 4.69) is 62.5 Å². The van der Waals surface area contributed by atoms with Gasteiger partial charge >= 0.3 is 5.97 Å². The maximum Gasteiger partial charge on any atom is 0.306 e. The number of unbranched alkanes of at least 4 members (excludes halogenated alkanes) is 29. The second-order valence-electron chi connectivity index (χ2n) is 20.4. The fraction of sp³-hybridized carbons (Fsp3) is 0.828. The molecule has 0 saturated heterocycles. The van der Waals surface area contributed by atoms with Gasteiger partial charge < -0.3 is 28.5 Å². The Hall–Kier alpha value is -2.03. The van der Waals surface area contributed by atoms with E-state index in [1.165, 1.54) is 141 Å². The lowest BCUT2D eigenvalue weighted by molar-refractivity contribution is -0.870. The predicted octanol–water partition coefficient (Wildman–Crippen LogP) is 16.3. The van der Waals surface area contributed by atoms with Gasteiger partial charge in [0.2, 0.25) is 5.91 Å². The molecule has 0 aromatic rings. The first-order valence-electron chi connectivity index (χ1n) is 28.4. The summed E-state index contributed by atoms with van der Waals surface area (Å²) < 4.78 is 30.2. The van der Waals surface area contributed by atoms with Crippen LogP contribution in [0.4, 0.5) is 0 Å². The van der Waals surface area contributed by atoms with Crippen LogP contribution in [0.25, 0.3) is 0 Å². The molecule has 0 aliphatic rings. The van der Waals surface area contributed by atoms with Crippen LogP contribution in [0.15, 0.2) is 48.6 Å². The van der Waals surface area contributed by atoms with Crippen LogP contribution in [0, 0.1) is 0 Å². The second kappa shape index (κ2) is 48.6. The molecule has 68 heavy (non-hydrogen) atoms. The lowest BCUT2D eigenvalue weighted by atomic mass is 10.0. The number of quaternary nitrogens is 1. The van der Waals surface area contributed by atoms with E-state index in [1.807, 2.05) is 33.3 Å². The third kappa shape index (κ3) is 49.0. The van der Waals surface area contributed by atoms with Crippen molar-refractivity contribution in [3.63, 3.8) is 0 Å². The number of ether oxygens (including phenoxy) is 1. The van der Waals surface area contributed by atoms with Crippen LogP contribution < -0.4 is 10.2 Å². The Morgan fingerprint density at radius 2 is 0.897 bits per heavy atom. The Bertz CT molecular complexity index is 1310. The van der Waals surface area contributed by atoms with Crippen LogP contribution in [0.5, 0.6) is 0 Å². The summed E-state index contributed by atoms with van der Waals surface area (Å²) >= 11 is 0. The summed E-state index contributed by atoms with van der Waals surface area (Å²) in [5.74, 6) is -0.561. The average molecular weight is 977 g/mol. The molecular formula is C58H109N2O7P. The summed E-state index contributed by atoms with van der Waals surface area (Å²) in [7, 11) is 1.17. The van der Waals surface area contributed by atoms with Crippen molar-refractivity contribution < 1.29 is 37.3 Å². The number of likely N-dealkylation sites (N-methyl/N-ethyl adjacent to an activating group) is 1. The van der Waals surface area contributed by atoms with E-state index in [0.717, 1.165) is 77.0 Å². The Labute approximate surface area is 420 Å². The van der Waals surface area contributed by atoms with Crippen LogP contribution in [0.1, 0.15) is 258 Å². The number of phosphoric ester groups is 1. The molecule has 9 nitrogen and oxygen atoms in total. The van der Waals surface area contributed by atoms with Crippen molar-refractivity contribution in [1.29, 1.82) is 0 Å². The Kier molecular flexibility index (Phi) is 47.1. The van der Waals surface area contributed by atoms with Crippen molar-refractivity contribution in [2.24, 2.45) is 0 Å². The number of phosphoric acid groups is 1. The third-order valence-corrected chi connectivity index (χ3v) is 13.5. The molecule has 398 valence electrons. The molecule has 0 spiro atoms. The van der Waals surface area contributed by atoms with Gasteiger partial charge in [0.25, 0.3) is 7.82 Å². The topological polar surface area (TPSA) is 114 Å². The van der Waals surface area contributed by atoms with Gasteiger partial charge in [-0.25, -0.2) is 0 Å². The predicted molar refractivity (Wildman–Crippen MR) is 289 cm³/mol. The number of rotatable bonds is 51. The lowest BCUT2D eigenvalue weighted by Crippen LogP contribution is -2.47. The van der Waals surface area contributed by atoms with Crippen LogP contribution >= 0.6 is 7.82 Å². The number of carbonyl (C=O) groups excluding carboxylic acids is 2. The molecule has 0 aliphatic heterocycles. The number of hydrogen-bond acceptors (Lipinski definition) is 7. The quantitative estimate of drug-likeness (QED) is 0.0212. The minimum absolute atomic E-state index is 0.0263. The lowest BCUT2D eigenvalue weighted by Gasteiger charge is -2.30. The molecule has 0 aromatic carbocycles. The van der Waals surface area contributed by atoms with Gasteiger partial charge in [0, 0.05) is 12.8 Å². The fourth-order valence-corrected chi connectivity index (χ4v) is 8.78. The largest absolute Gasteiger partial charge is 0.756 e. The monoisotopic (exact) mass is 977 g/mol.